The third-order valence-electron chi connectivity index (χ3n) is 7.26. The van der Waals surface area contributed by atoms with Crippen molar-refractivity contribution in [2.45, 2.75) is 51.7 Å². The van der Waals surface area contributed by atoms with Gasteiger partial charge in [0.05, 0.1) is 33.9 Å². The van der Waals surface area contributed by atoms with Gasteiger partial charge in [0, 0.05) is 50.9 Å². The van der Waals surface area contributed by atoms with E-state index < -0.39 is 35.1 Å². The lowest BCUT2D eigenvalue weighted by atomic mass is 9.86. The first kappa shape index (κ1) is 27.1. The summed E-state index contributed by atoms with van der Waals surface area (Å²) in [5.74, 6) is -1.09. The predicted molar refractivity (Wildman–Crippen MR) is 134 cm³/mol. The van der Waals surface area contributed by atoms with Crippen molar-refractivity contribution in [1.82, 2.24) is 14.5 Å². The van der Waals surface area contributed by atoms with Crippen LogP contribution in [-0.2, 0) is 17.5 Å². The molecule has 0 spiro atoms. The van der Waals surface area contributed by atoms with Gasteiger partial charge in [-0.05, 0) is 19.9 Å². The van der Waals surface area contributed by atoms with Crippen LogP contribution in [0.4, 0.5) is 23.4 Å². The third kappa shape index (κ3) is 4.59. The number of amides is 1. The molecule has 200 valence electrons. The smallest absolute Gasteiger partial charge is 0.266 e. The molecule has 7 nitrogen and oxygen atoms in total. The second-order valence-electron chi connectivity index (χ2n) is 9.61. The highest BCUT2D eigenvalue weighted by Gasteiger charge is 2.40. The number of alkyl halides is 3. The summed E-state index contributed by atoms with van der Waals surface area (Å²) in [6.07, 6.45) is -3.16. The van der Waals surface area contributed by atoms with Crippen molar-refractivity contribution in [3.05, 3.63) is 68.4 Å². The molecule has 2 aromatic heterocycles. The van der Waals surface area contributed by atoms with Gasteiger partial charge in [-0.2, -0.15) is 5.26 Å². The number of aryl methyl sites for hydroxylation is 2. The van der Waals surface area contributed by atoms with Gasteiger partial charge in [0.15, 0.2) is 0 Å². The van der Waals surface area contributed by atoms with Gasteiger partial charge in [0.1, 0.15) is 23.4 Å². The number of likely N-dealkylation sites (tertiary alicyclic amines) is 1. The number of carbonyl (C=O) groups excluding carboxylic acids is 1. The van der Waals surface area contributed by atoms with Gasteiger partial charge in [-0.25, -0.2) is 22.5 Å². The number of hydrogen-bond acceptors (Lipinski definition) is 5. The van der Waals surface area contributed by atoms with E-state index in [1.807, 2.05) is 6.07 Å². The van der Waals surface area contributed by atoms with Crippen LogP contribution in [0.1, 0.15) is 67.1 Å². The van der Waals surface area contributed by atoms with Crippen molar-refractivity contribution < 1.29 is 22.4 Å². The first-order valence-electron chi connectivity index (χ1n) is 12.1. The molecule has 1 atom stereocenters. The molecule has 38 heavy (non-hydrogen) atoms. The number of fused-ring (bicyclic) bond motifs is 1. The second-order valence-corrected chi connectivity index (χ2v) is 9.61. The third-order valence-corrected chi connectivity index (χ3v) is 7.26. The van der Waals surface area contributed by atoms with Gasteiger partial charge in [0.25, 0.3) is 12.0 Å². The van der Waals surface area contributed by atoms with E-state index in [1.165, 1.54) is 41.6 Å². The number of piperidine rings is 1. The normalized spacial score (nSPS) is 15.9. The summed E-state index contributed by atoms with van der Waals surface area (Å²) in [4.78, 5) is 31.0. The largest absolute Gasteiger partial charge is 0.363 e. The molecule has 1 fully saturated rings. The van der Waals surface area contributed by atoms with Gasteiger partial charge in [0.2, 0.25) is 5.91 Å². The van der Waals surface area contributed by atoms with E-state index in [-0.39, 0.29) is 70.9 Å². The topological polar surface area (TPSA) is 91.0 Å². The molecule has 0 radical (unpaired) electrons. The van der Waals surface area contributed by atoms with Crippen molar-refractivity contribution in [3.63, 3.8) is 0 Å². The maximum absolute atomic E-state index is 16.2. The quantitative estimate of drug-likeness (QED) is 0.461. The Morgan fingerprint density at radius 2 is 1.87 bits per heavy atom. The number of benzene rings is 1. The molecule has 1 aliphatic rings. The predicted octanol–water partition coefficient (Wildman–Crippen LogP) is 5.17. The highest BCUT2D eigenvalue weighted by Crippen LogP contribution is 2.38. The summed E-state index contributed by atoms with van der Waals surface area (Å²) in [5, 5.41) is 13.1. The van der Waals surface area contributed by atoms with Crippen molar-refractivity contribution in [3.8, 4) is 6.07 Å². The van der Waals surface area contributed by atoms with Gasteiger partial charge < -0.3 is 14.8 Å². The Morgan fingerprint density at radius 1 is 1.24 bits per heavy atom. The van der Waals surface area contributed by atoms with Crippen LogP contribution in [0, 0.1) is 24.1 Å². The minimum atomic E-state index is -2.99. The van der Waals surface area contributed by atoms with E-state index in [4.69, 9.17) is 0 Å². The Labute approximate surface area is 216 Å². The monoisotopic (exact) mass is 529 g/mol. The van der Waals surface area contributed by atoms with Gasteiger partial charge in [-0.1, -0.05) is 18.2 Å². The zero-order valence-corrected chi connectivity index (χ0v) is 21.4. The van der Waals surface area contributed by atoms with Crippen molar-refractivity contribution >= 4 is 22.6 Å². The number of aromatic nitrogens is 2. The molecule has 11 heteroatoms. The number of nitrogens with one attached hydrogen (secondary N) is 1. The Bertz CT molecular complexity index is 1520. The molecule has 3 aromatic rings. The fourth-order valence-electron chi connectivity index (χ4n) is 5.04. The number of nitrogens with zero attached hydrogens (tertiary/aromatic N) is 4. The molecule has 1 aromatic carbocycles. The molecule has 0 saturated carbocycles. The van der Waals surface area contributed by atoms with Crippen LogP contribution in [0.2, 0.25) is 0 Å². The minimum Gasteiger partial charge on any atom is -0.363 e. The van der Waals surface area contributed by atoms with Gasteiger partial charge in [-0.3, -0.25) is 9.59 Å². The molecule has 1 aliphatic heterocycles. The molecule has 0 bridgehead atoms. The lowest BCUT2D eigenvalue weighted by Crippen LogP contribution is -2.45. The molecular weight excluding hydrogens is 502 g/mol. The summed E-state index contributed by atoms with van der Waals surface area (Å²) < 4.78 is 58.8. The number of nitriles is 1. The molecule has 0 aliphatic carbocycles. The highest BCUT2D eigenvalue weighted by atomic mass is 19.3. The van der Waals surface area contributed by atoms with Crippen LogP contribution in [0.25, 0.3) is 10.9 Å². The van der Waals surface area contributed by atoms with E-state index in [9.17, 15) is 28.0 Å². The summed E-state index contributed by atoms with van der Waals surface area (Å²) in [7, 11) is 1.43. The maximum atomic E-state index is 16.2. The molecule has 1 amide bonds. The minimum absolute atomic E-state index is 0.0247. The summed E-state index contributed by atoms with van der Waals surface area (Å²) >= 11 is 0. The van der Waals surface area contributed by atoms with E-state index >= 15 is 4.39 Å². The fraction of sp³-hybridized carbons (Fsp3) is 0.407. The highest BCUT2D eigenvalue weighted by molar-refractivity contribution is 5.94. The fourth-order valence-corrected chi connectivity index (χ4v) is 5.04. The van der Waals surface area contributed by atoms with Crippen molar-refractivity contribution in [1.29, 1.82) is 5.26 Å². The molecule has 1 N–H and O–H groups in total. The van der Waals surface area contributed by atoms with Crippen LogP contribution in [0.5, 0.6) is 0 Å². The lowest BCUT2D eigenvalue weighted by Gasteiger charge is -2.36. The number of pyridine rings is 2. The molecule has 3 heterocycles. The summed E-state index contributed by atoms with van der Waals surface area (Å²) in [5.41, 5.74) is -2.91. The maximum Gasteiger partial charge on any atom is 0.266 e. The van der Waals surface area contributed by atoms with Crippen LogP contribution in [0.3, 0.4) is 0 Å². The van der Waals surface area contributed by atoms with Crippen LogP contribution in [0.15, 0.2) is 29.1 Å². The summed E-state index contributed by atoms with van der Waals surface area (Å²) in [6.45, 7) is 4.82. The van der Waals surface area contributed by atoms with E-state index in [2.05, 4.69) is 10.3 Å². The Morgan fingerprint density at radius 3 is 2.45 bits per heavy atom. The van der Waals surface area contributed by atoms with Crippen molar-refractivity contribution in [2.24, 2.45) is 7.05 Å². The first-order chi connectivity index (χ1) is 17.9. The molecule has 4 rings (SSSR count). The number of hydrogen-bond donors (Lipinski definition) is 1. The number of carbonyl (C=O) groups is 1. The first-order valence-corrected chi connectivity index (χ1v) is 12.1. The Hall–Kier alpha value is -3.94. The van der Waals surface area contributed by atoms with E-state index in [0.717, 1.165) is 6.07 Å². The van der Waals surface area contributed by atoms with E-state index in [1.54, 1.807) is 13.8 Å². The molecule has 0 unspecified atom stereocenters. The van der Waals surface area contributed by atoms with Crippen LogP contribution < -0.4 is 10.9 Å². The van der Waals surface area contributed by atoms with Gasteiger partial charge in [-0.15, -0.1) is 0 Å². The average molecular weight is 530 g/mol. The lowest BCUT2D eigenvalue weighted by molar-refractivity contribution is -0.131. The Balaban J connectivity index is 1.87. The van der Waals surface area contributed by atoms with E-state index in [0.29, 0.717) is 0 Å². The van der Waals surface area contributed by atoms with Gasteiger partial charge >= 0.3 is 0 Å². The van der Waals surface area contributed by atoms with Crippen LogP contribution >= 0.6 is 0 Å². The SMILES string of the molecule is CC(=O)N1CCC(F)(c2cc3c(N[C@H](C)c4cccc(C(F)F)c4F)nc(C)c(C#N)c3n(C)c2=O)CC1. The molecular formula is C27H27F4N5O2. The summed E-state index contributed by atoms with van der Waals surface area (Å²) in [6, 6.07) is 6.27. The standard InChI is InChI=1S/C27H27F4N5O2/c1-14(17-6-5-7-18(22(17)28)24(29)30)33-25-19-12-21(27(31)8-10-36(11-9-27)16(3)37)26(38)35(4)23(19)20(13-32)15(2)34-25/h5-7,12,14,24H,8-11H2,1-4H3,(H,33,34)/t14-/m1/s1. The number of halogens is 4. The zero-order chi connectivity index (χ0) is 27.9. The van der Waals surface area contributed by atoms with Crippen molar-refractivity contribution in [2.75, 3.05) is 18.4 Å². The second kappa shape index (κ2) is 10.1. The zero-order valence-electron chi connectivity index (χ0n) is 21.4. The Kier molecular flexibility index (Phi) is 7.19. The van der Waals surface area contributed by atoms with Crippen LogP contribution in [-0.4, -0.2) is 33.4 Å². The number of rotatable bonds is 5. The average Bonchev–Trinajstić information content (AvgIpc) is 2.86. The number of anilines is 1. The molecule has 1 saturated heterocycles.